The summed E-state index contributed by atoms with van der Waals surface area (Å²) in [6.07, 6.45) is 2.21. The predicted molar refractivity (Wildman–Crippen MR) is 114 cm³/mol. The molecule has 0 saturated heterocycles. The first-order valence-electron chi connectivity index (χ1n) is 9.82. The van der Waals surface area contributed by atoms with E-state index in [0.717, 1.165) is 54.5 Å². The van der Waals surface area contributed by atoms with Crippen LogP contribution in [-0.2, 0) is 0 Å². The number of hydrogen-bond acceptors (Lipinski definition) is 2. The first kappa shape index (κ1) is 17.5. The highest BCUT2D eigenvalue weighted by molar-refractivity contribution is 6.22. The fraction of sp³-hybridized carbons (Fsp3) is 0.304. The van der Waals surface area contributed by atoms with Crippen LogP contribution in [0, 0.1) is 6.92 Å². The van der Waals surface area contributed by atoms with E-state index in [0.29, 0.717) is 0 Å². The van der Waals surface area contributed by atoms with Gasteiger partial charge in [-0.25, -0.2) is 9.98 Å². The molecule has 4 nitrogen and oxygen atoms in total. The number of aromatic amines is 1. The summed E-state index contributed by atoms with van der Waals surface area (Å²) in [6.45, 7) is 8.57. The molecule has 0 unspecified atom stereocenters. The van der Waals surface area contributed by atoms with Gasteiger partial charge in [-0.1, -0.05) is 56.3 Å². The van der Waals surface area contributed by atoms with Crippen LogP contribution in [0.3, 0.4) is 0 Å². The Kier molecular flexibility index (Phi) is 4.80. The van der Waals surface area contributed by atoms with Crippen molar-refractivity contribution in [3.8, 4) is 0 Å². The van der Waals surface area contributed by atoms with Gasteiger partial charge in [-0.3, -0.25) is 0 Å². The lowest BCUT2D eigenvalue weighted by Crippen LogP contribution is -2.32. The van der Waals surface area contributed by atoms with Crippen molar-refractivity contribution in [2.75, 3.05) is 13.1 Å². The average molecular weight is 358 g/mol. The number of para-hydroxylation sites is 1. The van der Waals surface area contributed by atoms with Gasteiger partial charge in [-0.15, -0.1) is 0 Å². The molecule has 0 aliphatic carbocycles. The first-order valence-corrected chi connectivity index (χ1v) is 9.82. The molecule has 0 amide bonds. The van der Waals surface area contributed by atoms with E-state index in [1.165, 1.54) is 16.5 Å². The molecule has 2 aromatic carbocycles. The van der Waals surface area contributed by atoms with E-state index in [-0.39, 0.29) is 0 Å². The third kappa shape index (κ3) is 3.16. The number of amidine groups is 2. The van der Waals surface area contributed by atoms with Crippen LogP contribution >= 0.6 is 0 Å². The lowest BCUT2D eigenvalue weighted by molar-refractivity contribution is 0.418. The molecular weight excluding hydrogens is 332 g/mol. The largest absolute Gasteiger partial charge is 0.356 e. The van der Waals surface area contributed by atoms with E-state index in [4.69, 9.17) is 9.98 Å². The van der Waals surface area contributed by atoms with Gasteiger partial charge in [0, 0.05) is 40.7 Å². The van der Waals surface area contributed by atoms with Gasteiger partial charge in [0.25, 0.3) is 0 Å². The fourth-order valence-electron chi connectivity index (χ4n) is 3.77. The summed E-state index contributed by atoms with van der Waals surface area (Å²) in [4.78, 5) is 15.7. The van der Waals surface area contributed by atoms with Gasteiger partial charge in [0.1, 0.15) is 11.7 Å². The third-order valence-corrected chi connectivity index (χ3v) is 5.06. The van der Waals surface area contributed by atoms with Crippen molar-refractivity contribution in [2.45, 2.75) is 33.6 Å². The molecule has 1 N–H and O–H groups in total. The van der Waals surface area contributed by atoms with Gasteiger partial charge in [0.2, 0.25) is 0 Å². The second-order valence-corrected chi connectivity index (χ2v) is 7.05. The lowest BCUT2D eigenvalue weighted by atomic mass is 10.1. The number of benzene rings is 2. The molecule has 0 saturated carbocycles. The number of hydrogen-bond donors (Lipinski definition) is 1. The Bertz CT molecular complexity index is 1020. The highest BCUT2D eigenvalue weighted by Gasteiger charge is 2.25. The topological polar surface area (TPSA) is 43.8 Å². The summed E-state index contributed by atoms with van der Waals surface area (Å²) >= 11 is 0. The van der Waals surface area contributed by atoms with Crippen molar-refractivity contribution in [1.29, 1.82) is 0 Å². The molecule has 0 radical (unpaired) electrons. The molecule has 2 heterocycles. The molecule has 0 bridgehead atoms. The van der Waals surface area contributed by atoms with Crippen LogP contribution in [0.5, 0.6) is 0 Å². The zero-order valence-electron chi connectivity index (χ0n) is 16.3. The number of aryl methyl sites for hydroxylation is 1. The van der Waals surface area contributed by atoms with Crippen LogP contribution in [0.4, 0.5) is 5.82 Å². The Morgan fingerprint density at radius 2 is 1.59 bits per heavy atom. The molecule has 0 atom stereocenters. The van der Waals surface area contributed by atoms with Gasteiger partial charge in [-0.05, 0) is 25.8 Å². The normalized spacial score (nSPS) is 14.6. The Hall–Kier alpha value is -2.88. The van der Waals surface area contributed by atoms with Crippen LogP contribution in [0.2, 0.25) is 0 Å². The first-order chi connectivity index (χ1) is 13.2. The number of fused-ring (bicyclic) bond motifs is 2. The fourth-order valence-corrected chi connectivity index (χ4v) is 3.77. The maximum Gasteiger partial charge on any atom is 0.164 e. The molecule has 138 valence electrons. The monoisotopic (exact) mass is 358 g/mol. The SMILES string of the molecule is CCCN(CCC)C1=N/C(=N/c2[nH]c3ccccc3c2C)c2ccccc21. The van der Waals surface area contributed by atoms with Crippen molar-refractivity contribution in [3.05, 3.63) is 65.2 Å². The van der Waals surface area contributed by atoms with Gasteiger partial charge in [0.05, 0.1) is 0 Å². The highest BCUT2D eigenvalue weighted by atomic mass is 15.2. The molecule has 3 aromatic rings. The summed E-state index contributed by atoms with van der Waals surface area (Å²) in [5, 5.41) is 1.21. The minimum absolute atomic E-state index is 0.799. The molecule has 0 spiro atoms. The van der Waals surface area contributed by atoms with Crippen molar-refractivity contribution < 1.29 is 0 Å². The van der Waals surface area contributed by atoms with Crippen molar-refractivity contribution in [1.82, 2.24) is 9.88 Å². The molecule has 1 aromatic heterocycles. The quantitative estimate of drug-likeness (QED) is 0.649. The summed E-state index contributed by atoms with van der Waals surface area (Å²) < 4.78 is 0. The van der Waals surface area contributed by atoms with Crippen LogP contribution in [0.1, 0.15) is 43.4 Å². The summed E-state index contributed by atoms with van der Waals surface area (Å²) in [7, 11) is 0. The zero-order valence-corrected chi connectivity index (χ0v) is 16.3. The van der Waals surface area contributed by atoms with E-state index in [1.54, 1.807) is 0 Å². The highest BCUT2D eigenvalue weighted by Crippen LogP contribution is 2.30. The van der Waals surface area contributed by atoms with Gasteiger partial charge in [0.15, 0.2) is 5.84 Å². The van der Waals surface area contributed by atoms with Crippen LogP contribution in [0.25, 0.3) is 10.9 Å². The summed E-state index contributed by atoms with van der Waals surface area (Å²) in [5.41, 5.74) is 4.58. The Morgan fingerprint density at radius 1 is 0.926 bits per heavy atom. The number of aromatic nitrogens is 1. The zero-order chi connectivity index (χ0) is 18.8. The van der Waals surface area contributed by atoms with Crippen LogP contribution < -0.4 is 0 Å². The molecule has 27 heavy (non-hydrogen) atoms. The minimum atomic E-state index is 0.799. The molecule has 1 aliphatic heterocycles. The maximum absolute atomic E-state index is 4.97. The smallest absolute Gasteiger partial charge is 0.164 e. The molecule has 4 rings (SSSR count). The Balaban J connectivity index is 1.81. The van der Waals surface area contributed by atoms with Gasteiger partial charge >= 0.3 is 0 Å². The van der Waals surface area contributed by atoms with E-state index >= 15 is 0 Å². The van der Waals surface area contributed by atoms with Crippen LogP contribution in [-0.4, -0.2) is 34.6 Å². The minimum Gasteiger partial charge on any atom is -0.356 e. The number of nitrogens with zero attached hydrogens (tertiary/aromatic N) is 3. The average Bonchev–Trinajstić information content (AvgIpc) is 3.21. The third-order valence-electron chi connectivity index (χ3n) is 5.06. The number of rotatable bonds is 5. The molecular formula is C23H26N4. The molecule has 0 fully saturated rings. The summed E-state index contributed by atoms with van der Waals surface area (Å²) in [5.74, 6) is 2.75. The van der Waals surface area contributed by atoms with E-state index in [9.17, 15) is 0 Å². The number of nitrogens with one attached hydrogen (secondary N) is 1. The lowest BCUT2D eigenvalue weighted by Gasteiger charge is -2.23. The van der Waals surface area contributed by atoms with Crippen molar-refractivity contribution in [3.63, 3.8) is 0 Å². The number of H-pyrrole nitrogens is 1. The van der Waals surface area contributed by atoms with Gasteiger partial charge < -0.3 is 9.88 Å². The van der Waals surface area contributed by atoms with E-state index in [2.05, 4.69) is 73.1 Å². The van der Waals surface area contributed by atoms with Crippen molar-refractivity contribution >= 4 is 28.4 Å². The second kappa shape index (κ2) is 7.39. The van der Waals surface area contributed by atoms with Crippen molar-refractivity contribution in [2.24, 2.45) is 9.98 Å². The number of aliphatic imine (C=N–C) groups is 2. The molecule has 4 heteroatoms. The van der Waals surface area contributed by atoms with E-state index in [1.807, 2.05) is 6.07 Å². The van der Waals surface area contributed by atoms with Crippen LogP contribution in [0.15, 0.2) is 58.5 Å². The second-order valence-electron chi connectivity index (χ2n) is 7.05. The molecule has 1 aliphatic rings. The predicted octanol–water partition coefficient (Wildman–Crippen LogP) is 5.44. The standard InChI is InChI=1S/C23H26N4/c1-4-14-27(15-5-2)23-19-12-7-6-11-18(19)22(26-23)25-21-16(3)17-10-8-9-13-20(17)24-21/h6-13,24H,4-5,14-15H2,1-3H3/b25-22+. The maximum atomic E-state index is 4.97. The Morgan fingerprint density at radius 3 is 2.30 bits per heavy atom. The summed E-state index contributed by atoms with van der Waals surface area (Å²) in [6, 6.07) is 16.8. The van der Waals surface area contributed by atoms with E-state index < -0.39 is 0 Å². The Labute approximate surface area is 160 Å². The van der Waals surface area contributed by atoms with Gasteiger partial charge in [-0.2, -0.15) is 0 Å².